The molecule has 5 heteroatoms. The summed E-state index contributed by atoms with van der Waals surface area (Å²) in [5, 5.41) is 11.2. The van der Waals surface area contributed by atoms with Crippen molar-refractivity contribution in [1.82, 2.24) is 5.32 Å². The number of nitrogen functional groups attached to an aromatic ring is 1. The minimum Gasteiger partial charge on any atom is -0.399 e. The molecule has 0 atom stereocenters. The lowest BCUT2D eigenvalue weighted by Crippen LogP contribution is -2.38. The van der Waals surface area contributed by atoms with Gasteiger partial charge in [-0.25, -0.2) is 0 Å². The molecule has 0 aromatic heterocycles. The molecule has 102 valence electrons. The van der Waals surface area contributed by atoms with E-state index in [2.05, 4.69) is 12.2 Å². The van der Waals surface area contributed by atoms with Crippen LogP contribution in [0.25, 0.3) is 0 Å². The van der Waals surface area contributed by atoms with Gasteiger partial charge in [0, 0.05) is 24.5 Å². The monoisotopic (exact) mass is 260 g/mol. The van der Waals surface area contributed by atoms with E-state index in [4.69, 9.17) is 11.0 Å². The van der Waals surface area contributed by atoms with E-state index in [0.29, 0.717) is 25.2 Å². The fraction of sp³-hybridized carbons (Fsp3) is 0.429. The third-order valence-electron chi connectivity index (χ3n) is 2.65. The summed E-state index contributed by atoms with van der Waals surface area (Å²) < 4.78 is 0. The summed E-state index contributed by atoms with van der Waals surface area (Å²) in [6.07, 6.45) is 1.29. The summed E-state index contributed by atoms with van der Waals surface area (Å²) >= 11 is 0. The Kier molecular flexibility index (Phi) is 6.23. The Morgan fingerprint density at radius 1 is 1.42 bits per heavy atom. The molecule has 0 saturated carbocycles. The van der Waals surface area contributed by atoms with Crippen LogP contribution in [0.15, 0.2) is 24.3 Å². The first-order chi connectivity index (χ1) is 9.17. The topological polar surface area (TPSA) is 82.2 Å². The van der Waals surface area contributed by atoms with Crippen LogP contribution in [-0.4, -0.2) is 25.5 Å². The molecule has 0 aliphatic carbocycles. The third kappa shape index (κ3) is 5.30. The van der Waals surface area contributed by atoms with E-state index in [0.717, 1.165) is 18.7 Å². The summed E-state index contributed by atoms with van der Waals surface area (Å²) in [6.45, 7) is 3.56. The molecule has 0 fully saturated rings. The molecular weight excluding hydrogens is 240 g/mol. The van der Waals surface area contributed by atoms with Gasteiger partial charge < -0.3 is 16.0 Å². The Balaban J connectivity index is 2.60. The van der Waals surface area contributed by atoms with Crippen LogP contribution in [0.5, 0.6) is 0 Å². The largest absolute Gasteiger partial charge is 0.399 e. The molecule has 0 saturated heterocycles. The van der Waals surface area contributed by atoms with Crippen LogP contribution in [-0.2, 0) is 4.79 Å². The maximum absolute atomic E-state index is 11.8. The number of anilines is 2. The Morgan fingerprint density at radius 2 is 2.11 bits per heavy atom. The van der Waals surface area contributed by atoms with Crippen LogP contribution in [0.1, 0.15) is 19.8 Å². The number of carbonyl (C=O) groups excluding carboxylic acids is 1. The van der Waals surface area contributed by atoms with Gasteiger partial charge >= 0.3 is 0 Å². The van der Waals surface area contributed by atoms with Crippen molar-refractivity contribution in [3.05, 3.63) is 24.3 Å². The second-order valence-corrected chi connectivity index (χ2v) is 4.27. The average molecular weight is 260 g/mol. The van der Waals surface area contributed by atoms with Gasteiger partial charge in [-0.1, -0.05) is 6.92 Å². The first-order valence-corrected chi connectivity index (χ1v) is 6.41. The first-order valence-electron chi connectivity index (χ1n) is 6.41. The maximum atomic E-state index is 11.8. The van der Waals surface area contributed by atoms with Crippen LogP contribution in [0, 0.1) is 11.3 Å². The van der Waals surface area contributed by atoms with Crippen LogP contribution in [0.3, 0.4) is 0 Å². The van der Waals surface area contributed by atoms with E-state index in [-0.39, 0.29) is 5.91 Å². The van der Waals surface area contributed by atoms with Crippen molar-refractivity contribution in [3.63, 3.8) is 0 Å². The molecule has 1 aromatic carbocycles. The van der Waals surface area contributed by atoms with E-state index in [1.54, 1.807) is 0 Å². The van der Waals surface area contributed by atoms with Crippen LogP contribution in [0.2, 0.25) is 0 Å². The summed E-state index contributed by atoms with van der Waals surface area (Å²) in [6, 6.07) is 9.47. The number of nitrogens with two attached hydrogens (primary N) is 1. The third-order valence-corrected chi connectivity index (χ3v) is 2.65. The molecule has 1 rings (SSSR count). The number of hydrogen-bond acceptors (Lipinski definition) is 4. The molecule has 0 unspecified atom stereocenters. The average Bonchev–Trinajstić information content (AvgIpc) is 2.39. The van der Waals surface area contributed by atoms with Gasteiger partial charge in [0.15, 0.2) is 0 Å². The van der Waals surface area contributed by atoms with E-state index >= 15 is 0 Å². The zero-order valence-corrected chi connectivity index (χ0v) is 11.2. The van der Waals surface area contributed by atoms with Crippen molar-refractivity contribution in [3.8, 4) is 6.07 Å². The SMILES string of the molecule is CCCN(CC(=O)NCCC#N)c1ccc(N)cc1. The molecule has 0 radical (unpaired) electrons. The highest BCUT2D eigenvalue weighted by molar-refractivity contribution is 5.81. The normalized spacial score (nSPS) is 9.68. The number of nitriles is 1. The van der Waals surface area contributed by atoms with Gasteiger partial charge in [0.1, 0.15) is 0 Å². The fourth-order valence-electron chi connectivity index (χ4n) is 1.74. The second kappa shape index (κ2) is 7.98. The number of amides is 1. The molecule has 0 spiro atoms. The van der Waals surface area contributed by atoms with Gasteiger partial charge in [-0.05, 0) is 30.7 Å². The van der Waals surface area contributed by atoms with E-state index in [1.807, 2.05) is 35.2 Å². The zero-order valence-electron chi connectivity index (χ0n) is 11.2. The number of nitrogens with one attached hydrogen (secondary N) is 1. The minimum atomic E-state index is -0.0690. The number of hydrogen-bond donors (Lipinski definition) is 2. The number of nitrogens with zero attached hydrogens (tertiary/aromatic N) is 2. The molecule has 19 heavy (non-hydrogen) atoms. The number of benzene rings is 1. The summed E-state index contributed by atoms with van der Waals surface area (Å²) in [5.74, 6) is -0.0690. The summed E-state index contributed by atoms with van der Waals surface area (Å²) in [7, 11) is 0. The molecule has 0 aliphatic heterocycles. The Bertz CT molecular complexity index is 436. The smallest absolute Gasteiger partial charge is 0.239 e. The van der Waals surface area contributed by atoms with Gasteiger partial charge in [0.25, 0.3) is 0 Å². The van der Waals surface area contributed by atoms with E-state index in [1.165, 1.54) is 0 Å². The van der Waals surface area contributed by atoms with Gasteiger partial charge in [-0.15, -0.1) is 0 Å². The highest BCUT2D eigenvalue weighted by Crippen LogP contribution is 2.16. The first kappa shape index (κ1) is 14.8. The Morgan fingerprint density at radius 3 is 2.68 bits per heavy atom. The highest BCUT2D eigenvalue weighted by Gasteiger charge is 2.10. The van der Waals surface area contributed by atoms with Crippen molar-refractivity contribution in [2.75, 3.05) is 30.3 Å². The predicted octanol–water partition coefficient (Wildman–Crippen LogP) is 1.52. The molecular formula is C14H20N4O. The van der Waals surface area contributed by atoms with Crippen molar-refractivity contribution < 1.29 is 4.79 Å². The lowest BCUT2D eigenvalue weighted by molar-refractivity contribution is -0.119. The molecule has 0 aliphatic rings. The van der Waals surface area contributed by atoms with E-state index < -0.39 is 0 Å². The van der Waals surface area contributed by atoms with Crippen molar-refractivity contribution in [2.24, 2.45) is 0 Å². The number of carbonyl (C=O) groups is 1. The molecule has 5 nitrogen and oxygen atoms in total. The van der Waals surface area contributed by atoms with Crippen molar-refractivity contribution in [2.45, 2.75) is 19.8 Å². The molecule has 1 aromatic rings. The lowest BCUT2D eigenvalue weighted by Gasteiger charge is -2.23. The molecule has 3 N–H and O–H groups in total. The van der Waals surface area contributed by atoms with E-state index in [9.17, 15) is 4.79 Å². The van der Waals surface area contributed by atoms with Crippen LogP contribution >= 0.6 is 0 Å². The van der Waals surface area contributed by atoms with Gasteiger partial charge in [0.2, 0.25) is 5.91 Å². The van der Waals surface area contributed by atoms with Crippen molar-refractivity contribution >= 4 is 17.3 Å². The highest BCUT2D eigenvalue weighted by atomic mass is 16.2. The van der Waals surface area contributed by atoms with Gasteiger partial charge in [0.05, 0.1) is 19.0 Å². The summed E-state index contributed by atoms with van der Waals surface area (Å²) in [5.41, 5.74) is 7.34. The van der Waals surface area contributed by atoms with Gasteiger partial charge in [-0.3, -0.25) is 4.79 Å². The molecule has 0 heterocycles. The molecule has 1 amide bonds. The fourth-order valence-corrected chi connectivity index (χ4v) is 1.74. The Labute approximate surface area is 114 Å². The van der Waals surface area contributed by atoms with Gasteiger partial charge in [-0.2, -0.15) is 5.26 Å². The molecule has 0 bridgehead atoms. The second-order valence-electron chi connectivity index (χ2n) is 4.27. The summed E-state index contributed by atoms with van der Waals surface area (Å²) in [4.78, 5) is 13.8. The maximum Gasteiger partial charge on any atom is 0.239 e. The zero-order chi connectivity index (χ0) is 14.1. The lowest BCUT2D eigenvalue weighted by atomic mass is 10.2. The quantitative estimate of drug-likeness (QED) is 0.575. The number of rotatable bonds is 7. The van der Waals surface area contributed by atoms with Crippen LogP contribution < -0.4 is 16.0 Å². The minimum absolute atomic E-state index is 0.0690. The standard InChI is InChI=1S/C14H20N4O/c1-2-10-18(11-14(19)17-9-3-8-15)13-6-4-12(16)5-7-13/h4-7H,2-3,9-11,16H2,1H3,(H,17,19). The predicted molar refractivity (Wildman–Crippen MR) is 76.6 cm³/mol. The van der Waals surface area contributed by atoms with Crippen LogP contribution in [0.4, 0.5) is 11.4 Å². The Hall–Kier alpha value is -2.22. The van der Waals surface area contributed by atoms with Crippen molar-refractivity contribution in [1.29, 1.82) is 5.26 Å².